The van der Waals surface area contributed by atoms with Crippen molar-refractivity contribution >= 4 is 33.4 Å². The topological polar surface area (TPSA) is 117 Å². The van der Waals surface area contributed by atoms with E-state index >= 15 is 0 Å². The van der Waals surface area contributed by atoms with Crippen LogP contribution in [0.25, 0.3) is 0 Å². The zero-order chi connectivity index (χ0) is 22.9. The van der Waals surface area contributed by atoms with Crippen LogP contribution in [-0.2, 0) is 14.8 Å². The summed E-state index contributed by atoms with van der Waals surface area (Å²) in [4.78, 5) is 30.1. The molecule has 4 rings (SSSR count). The molecule has 0 unspecified atom stereocenters. The molecule has 1 fully saturated rings. The minimum atomic E-state index is -3.69. The van der Waals surface area contributed by atoms with E-state index in [4.69, 9.17) is 0 Å². The Balaban J connectivity index is 1.58. The Labute approximate surface area is 187 Å². The fourth-order valence-electron chi connectivity index (χ4n) is 3.49. The molecule has 2 aromatic rings. The van der Waals surface area contributed by atoms with Gasteiger partial charge < -0.3 is 10.6 Å². The minimum Gasteiger partial charge on any atom is -0.349 e. The van der Waals surface area contributed by atoms with Gasteiger partial charge in [0.25, 0.3) is 15.9 Å². The number of hydrogen-bond donors (Lipinski definition) is 3. The number of nitrogens with one attached hydrogen (secondary N) is 3. The van der Waals surface area contributed by atoms with Crippen molar-refractivity contribution in [1.82, 2.24) is 10.0 Å². The zero-order valence-electron chi connectivity index (χ0n) is 18.0. The molecule has 1 aliphatic heterocycles. The third kappa shape index (κ3) is 4.67. The van der Waals surface area contributed by atoms with E-state index in [1.165, 1.54) is 6.07 Å². The molecule has 0 saturated heterocycles. The van der Waals surface area contributed by atoms with Crippen LogP contribution >= 0.6 is 0 Å². The summed E-state index contributed by atoms with van der Waals surface area (Å²) in [6.07, 6.45) is 2.66. The summed E-state index contributed by atoms with van der Waals surface area (Å²) in [5.74, 6) is -0.505. The molecule has 3 N–H and O–H groups in total. The number of sulfonamides is 1. The molecule has 0 aromatic heterocycles. The Morgan fingerprint density at radius 1 is 1.16 bits per heavy atom. The van der Waals surface area contributed by atoms with Gasteiger partial charge in [0, 0.05) is 22.9 Å². The highest BCUT2D eigenvalue weighted by Gasteiger charge is 2.33. The van der Waals surface area contributed by atoms with Gasteiger partial charge in [0.1, 0.15) is 11.9 Å². The molecular weight excluding hydrogens is 428 g/mol. The molecule has 32 heavy (non-hydrogen) atoms. The van der Waals surface area contributed by atoms with E-state index < -0.39 is 16.1 Å². The minimum absolute atomic E-state index is 0.138. The molecule has 0 spiro atoms. The Morgan fingerprint density at radius 3 is 2.62 bits per heavy atom. The smallest absolute Gasteiger partial charge is 0.263 e. The van der Waals surface area contributed by atoms with Gasteiger partial charge in [-0.25, -0.2) is 8.42 Å². The molecule has 1 heterocycles. The molecule has 8 nitrogen and oxygen atoms in total. The lowest BCUT2D eigenvalue weighted by molar-refractivity contribution is -0.118. The molecule has 0 bridgehead atoms. The largest absolute Gasteiger partial charge is 0.349 e. The first-order valence-corrected chi connectivity index (χ1v) is 12.2. The summed E-state index contributed by atoms with van der Waals surface area (Å²) >= 11 is 0. The number of hydrogen-bond acceptors (Lipinski definition) is 5. The first-order chi connectivity index (χ1) is 15.3. The lowest BCUT2D eigenvalue weighted by Crippen LogP contribution is -2.35. The van der Waals surface area contributed by atoms with Gasteiger partial charge in [-0.15, -0.1) is 0 Å². The van der Waals surface area contributed by atoms with Crippen molar-refractivity contribution in [3.8, 4) is 0 Å². The predicted molar refractivity (Wildman–Crippen MR) is 122 cm³/mol. The molecule has 2 aliphatic rings. The summed E-state index contributed by atoms with van der Waals surface area (Å²) in [5.41, 5.74) is 1.41. The zero-order valence-corrected chi connectivity index (χ0v) is 18.8. The molecule has 2 amide bonds. The van der Waals surface area contributed by atoms with Gasteiger partial charge in [-0.3, -0.25) is 19.3 Å². The highest BCUT2D eigenvalue weighted by Crippen LogP contribution is 2.25. The number of anilines is 1. The third-order valence-electron chi connectivity index (χ3n) is 5.69. The molecule has 2 aromatic carbocycles. The standard InChI is InChI=1S/C23H26N4O4S/c1-3-14(2)20(26-21-18-9-4-5-10-19(18)32(30,31)27-21)23(29)25-17-8-6-7-15(13-17)22(28)24-16-11-12-16/h4-10,13-14,16,20H,3,11-12H2,1-2H3,(H,24,28)(H,25,29)(H,26,27)/t14-,20+/m0/s1. The second-order valence-electron chi connectivity index (χ2n) is 8.23. The number of fused-ring (bicyclic) bond motifs is 1. The van der Waals surface area contributed by atoms with Crippen LogP contribution in [0.15, 0.2) is 58.4 Å². The van der Waals surface area contributed by atoms with Crippen molar-refractivity contribution in [3.63, 3.8) is 0 Å². The van der Waals surface area contributed by atoms with Crippen LogP contribution in [0.3, 0.4) is 0 Å². The molecule has 0 radical (unpaired) electrons. The van der Waals surface area contributed by atoms with Crippen LogP contribution in [0.4, 0.5) is 5.69 Å². The van der Waals surface area contributed by atoms with E-state index in [9.17, 15) is 18.0 Å². The molecule has 168 valence electrons. The first kappa shape index (κ1) is 22.0. The van der Waals surface area contributed by atoms with Crippen molar-refractivity contribution in [2.45, 2.75) is 50.1 Å². The van der Waals surface area contributed by atoms with Crippen molar-refractivity contribution in [2.24, 2.45) is 10.9 Å². The van der Waals surface area contributed by atoms with E-state index in [-0.39, 0.29) is 34.5 Å². The summed E-state index contributed by atoms with van der Waals surface area (Å²) < 4.78 is 27.3. The van der Waals surface area contributed by atoms with Gasteiger partial charge in [-0.2, -0.15) is 0 Å². The summed E-state index contributed by atoms with van der Waals surface area (Å²) in [5, 5.41) is 5.76. The Kier molecular flexibility index (Phi) is 6.01. The summed E-state index contributed by atoms with van der Waals surface area (Å²) in [7, 11) is -3.69. The fraction of sp³-hybridized carbons (Fsp3) is 0.348. The van der Waals surface area contributed by atoms with Crippen molar-refractivity contribution in [2.75, 3.05) is 5.32 Å². The normalized spacial score (nSPS) is 19.5. The lowest BCUT2D eigenvalue weighted by atomic mass is 9.98. The van der Waals surface area contributed by atoms with Crippen molar-refractivity contribution in [3.05, 3.63) is 59.7 Å². The van der Waals surface area contributed by atoms with Crippen LogP contribution in [0.1, 0.15) is 49.0 Å². The Bertz CT molecular complexity index is 1190. The maximum atomic E-state index is 13.1. The number of carbonyl (C=O) groups is 2. The average Bonchev–Trinajstić information content (AvgIpc) is 3.55. The highest BCUT2D eigenvalue weighted by molar-refractivity contribution is 7.90. The molecule has 9 heteroatoms. The van der Waals surface area contributed by atoms with Crippen LogP contribution in [0.2, 0.25) is 0 Å². The lowest BCUT2D eigenvalue weighted by Gasteiger charge is -2.19. The first-order valence-electron chi connectivity index (χ1n) is 10.7. The molecule has 2 atom stereocenters. The van der Waals surface area contributed by atoms with Gasteiger partial charge in [0.05, 0.1) is 4.90 Å². The number of amidine groups is 1. The van der Waals surface area contributed by atoms with E-state index in [2.05, 4.69) is 20.3 Å². The van der Waals surface area contributed by atoms with Gasteiger partial charge in [0.2, 0.25) is 5.91 Å². The van der Waals surface area contributed by atoms with Gasteiger partial charge >= 0.3 is 0 Å². The maximum absolute atomic E-state index is 13.1. The summed E-state index contributed by atoms with van der Waals surface area (Å²) in [6.45, 7) is 3.84. The van der Waals surface area contributed by atoms with E-state index in [0.717, 1.165) is 12.8 Å². The number of amides is 2. The number of rotatable bonds is 7. The number of benzene rings is 2. The number of nitrogens with zero attached hydrogens (tertiary/aromatic N) is 1. The average molecular weight is 455 g/mol. The van der Waals surface area contributed by atoms with Crippen molar-refractivity contribution in [1.29, 1.82) is 0 Å². The monoisotopic (exact) mass is 454 g/mol. The second-order valence-corrected chi connectivity index (χ2v) is 9.88. The second kappa shape index (κ2) is 8.74. The van der Waals surface area contributed by atoms with Crippen LogP contribution in [0.5, 0.6) is 0 Å². The van der Waals surface area contributed by atoms with Crippen LogP contribution in [-0.4, -0.2) is 38.2 Å². The predicted octanol–water partition coefficient (Wildman–Crippen LogP) is 2.67. The van der Waals surface area contributed by atoms with Crippen molar-refractivity contribution < 1.29 is 18.0 Å². The fourth-order valence-corrected chi connectivity index (χ4v) is 4.73. The van der Waals surface area contributed by atoms with Gasteiger partial charge in [-0.05, 0) is 49.1 Å². The molecule has 1 aliphatic carbocycles. The van der Waals surface area contributed by atoms with Crippen LogP contribution in [0, 0.1) is 5.92 Å². The Hall–Kier alpha value is -3.20. The third-order valence-corrected chi connectivity index (χ3v) is 7.08. The quantitative estimate of drug-likeness (QED) is 0.596. The highest BCUT2D eigenvalue weighted by atomic mass is 32.2. The SMILES string of the molecule is CC[C@H](C)[C@@H](N=C1NS(=O)(=O)c2ccccc21)C(=O)Nc1cccc(C(=O)NC2CC2)c1. The van der Waals surface area contributed by atoms with Gasteiger partial charge in [-0.1, -0.05) is 38.5 Å². The number of carbonyl (C=O) groups excluding carboxylic acids is 2. The molecular formula is C23H26N4O4S. The summed E-state index contributed by atoms with van der Waals surface area (Å²) in [6, 6.07) is 12.7. The van der Waals surface area contributed by atoms with E-state index in [0.29, 0.717) is 23.2 Å². The number of aliphatic imine (C=N–C) groups is 1. The molecule has 1 saturated carbocycles. The van der Waals surface area contributed by atoms with Gasteiger partial charge in [0.15, 0.2) is 0 Å². The Morgan fingerprint density at radius 2 is 1.91 bits per heavy atom. The maximum Gasteiger partial charge on any atom is 0.263 e. The van der Waals surface area contributed by atoms with E-state index in [1.54, 1.807) is 42.5 Å². The van der Waals surface area contributed by atoms with E-state index in [1.807, 2.05) is 13.8 Å². The van der Waals surface area contributed by atoms with Crippen LogP contribution < -0.4 is 15.4 Å².